The van der Waals surface area contributed by atoms with Crippen LogP contribution >= 0.6 is 7.82 Å². The molecular formula is C18H45N3O4P+3. The molecule has 0 unspecified atom stereocenters. The van der Waals surface area contributed by atoms with E-state index in [9.17, 15) is 4.57 Å². The quantitative estimate of drug-likeness (QED) is 0.231. The van der Waals surface area contributed by atoms with Crippen molar-refractivity contribution in [3.8, 4) is 0 Å². The number of hydroxylamine groups is 9. The van der Waals surface area contributed by atoms with Crippen LogP contribution in [-0.4, -0.2) is 72.8 Å². The first-order valence-electron chi connectivity index (χ1n) is 10.5. The van der Waals surface area contributed by atoms with E-state index in [2.05, 4.69) is 0 Å². The van der Waals surface area contributed by atoms with Gasteiger partial charge < -0.3 is 0 Å². The minimum Gasteiger partial charge on any atom is -0.216 e. The molecular weight excluding hydrogens is 353 g/mol. The number of quaternary nitrogens is 3. The van der Waals surface area contributed by atoms with Crippen molar-refractivity contribution in [1.82, 2.24) is 0 Å². The van der Waals surface area contributed by atoms with Gasteiger partial charge in [-0.25, -0.2) is 4.57 Å². The Morgan fingerprint density at radius 3 is 0.731 bits per heavy atom. The van der Waals surface area contributed by atoms with E-state index in [1.165, 1.54) is 0 Å². The van der Waals surface area contributed by atoms with Gasteiger partial charge in [0.25, 0.3) is 0 Å². The lowest BCUT2D eigenvalue weighted by Crippen LogP contribution is -2.53. The molecule has 0 amide bonds. The molecule has 7 nitrogen and oxygen atoms in total. The average molecular weight is 399 g/mol. The maximum absolute atomic E-state index is 14.0. The molecule has 0 heterocycles. The Hall–Kier alpha value is -0.0100. The van der Waals surface area contributed by atoms with Gasteiger partial charge in [-0.05, 0) is 62.3 Å². The molecule has 0 bridgehead atoms. The summed E-state index contributed by atoms with van der Waals surface area (Å²) in [5, 5.41) is 0. The van der Waals surface area contributed by atoms with Crippen LogP contribution in [0.5, 0.6) is 0 Å². The van der Waals surface area contributed by atoms with E-state index in [-0.39, 0.29) is 13.9 Å². The summed E-state index contributed by atoms with van der Waals surface area (Å²) in [6, 6.07) is 0. The normalized spacial score (nSPS) is 14.0. The molecule has 0 fully saturated rings. The Morgan fingerprint density at radius 1 is 0.462 bits per heavy atom. The Kier molecular flexibility index (Phi) is 11.1. The van der Waals surface area contributed by atoms with E-state index in [4.69, 9.17) is 13.9 Å². The van der Waals surface area contributed by atoms with Crippen LogP contribution in [0.1, 0.15) is 62.3 Å². The molecule has 0 spiro atoms. The average Bonchev–Trinajstić information content (AvgIpc) is 2.69. The van der Waals surface area contributed by atoms with Crippen LogP contribution < -0.4 is 0 Å². The van der Waals surface area contributed by atoms with Crippen LogP contribution in [0, 0.1) is 0 Å². The number of phosphoric acid groups is 1. The van der Waals surface area contributed by atoms with E-state index in [1.807, 2.05) is 62.3 Å². The first-order chi connectivity index (χ1) is 12.2. The van der Waals surface area contributed by atoms with Gasteiger partial charge in [-0.2, -0.15) is 13.9 Å². The first kappa shape index (κ1) is 26.0. The standard InChI is InChI=1S/C18H45N3O4P/c1-10-19(11-2,12-3)23-26(22,24-20(13-4,14-5)15-6)25-21(16-7,17-8)18-9/h10-18H2,1-9H3/q+3. The van der Waals surface area contributed by atoms with E-state index in [0.29, 0.717) is 58.9 Å². The summed E-state index contributed by atoms with van der Waals surface area (Å²) in [5.41, 5.74) is 0. The Morgan fingerprint density at radius 2 is 0.615 bits per heavy atom. The number of nitrogens with zero attached hydrogens (tertiary/aromatic N) is 3. The van der Waals surface area contributed by atoms with Crippen molar-refractivity contribution in [2.24, 2.45) is 0 Å². The van der Waals surface area contributed by atoms with Gasteiger partial charge in [0.05, 0.1) is 0 Å². The fraction of sp³-hybridized carbons (Fsp3) is 1.00. The summed E-state index contributed by atoms with van der Waals surface area (Å²) in [7, 11) is -3.82. The molecule has 0 radical (unpaired) electrons. The molecule has 0 N–H and O–H groups in total. The highest BCUT2D eigenvalue weighted by atomic mass is 31.2. The van der Waals surface area contributed by atoms with Crippen LogP contribution in [0.3, 0.4) is 0 Å². The van der Waals surface area contributed by atoms with Gasteiger partial charge >= 0.3 is 7.82 Å². The molecule has 0 saturated carbocycles. The van der Waals surface area contributed by atoms with Crippen molar-refractivity contribution in [2.75, 3.05) is 58.9 Å². The van der Waals surface area contributed by atoms with Crippen LogP contribution in [0.2, 0.25) is 0 Å². The summed E-state index contributed by atoms with van der Waals surface area (Å²) >= 11 is 0. The van der Waals surface area contributed by atoms with Crippen LogP contribution in [-0.2, 0) is 18.4 Å². The molecule has 0 atom stereocenters. The lowest BCUT2D eigenvalue weighted by atomic mass is 10.5. The Labute approximate surface area is 162 Å². The molecule has 8 heteroatoms. The van der Waals surface area contributed by atoms with Crippen LogP contribution in [0.25, 0.3) is 0 Å². The molecule has 0 aliphatic heterocycles. The van der Waals surface area contributed by atoms with Gasteiger partial charge in [0, 0.05) is 0 Å². The van der Waals surface area contributed by atoms with Gasteiger partial charge in [-0.1, -0.05) is 13.9 Å². The van der Waals surface area contributed by atoms with E-state index >= 15 is 0 Å². The molecule has 0 aromatic carbocycles. The zero-order valence-corrected chi connectivity index (χ0v) is 19.7. The highest BCUT2D eigenvalue weighted by Gasteiger charge is 2.53. The smallest absolute Gasteiger partial charge is 0.216 e. The van der Waals surface area contributed by atoms with Gasteiger partial charge in [-0.15, -0.1) is 0 Å². The Bertz CT molecular complexity index is 350. The van der Waals surface area contributed by atoms with Gasteiger partial charge in [0.2, 0.25) is 0 Å². The van der Waals surface area contributed by atoms with E-state index in [0.717, 1.165) is 0 Å². The van der Waals surface area contributed by atoms with Gasteiger partial charge in [0.15, 0.2) is 0 Å². The third-order valence-corrected chi connectivity index (χ3v) is 7.65. The topological polar surface area (TPSA) is 44.8 Å². The predicted octanol–water partition coefficient (Wildman–Crippen LogP) is 4.52. The van der Waals surface area contributed by atoms with Crippen molar-refractivity contribution < 1.29 is 32.4 Å². The SMILES string of the molecule is CC[N+](CC)(CC)OP(=O)(O[N+](CC)(CC)CC)O[N+](CC)(CC)CC. The maximum Gasteiger partial charge on any atom is 0.615 e. The third kappa shape index (κ3) is 6.26. The number of hydrogen-bond acceptors (Lipinski definition) is 4. The zero-order valence-electron chi connectivity index (χ0n) is 18.8. The molecule has 0 aliphatic carbocycles. The molecule has 158 valence electrons. The van der Waals surface area contributed by atoms with Gasteiger partial charge in [0.1, 0.15) is 58.9 Å². The minimum atomic E-state index is -3.82. The summed E-state index contributed by atoms with van der Waals surface area (Å²) < 4.78 is 33.4. The van der Waals surface area contributed by atoms with Crippen molar-refractivity contribution in [2.45, 2.75) is 62.3 Å². The predicted molar refractivity (Wildman–Crippen MR) is 107 cm³/mol. The lowest BCUT2D eigenvalue weighted by molar-refractivity contribution is -1.12. The summed E-state index contributed by atoms with van der Waals surface area (Å²) in [6.45, 7) is 24.7. The maximum atomic E-state index is 14.0. The first-order valence-corrected chi connectivity index (χ1v) is 11.9. The molecule has 0 rings (SSSR count). The fourth-order valence-corrected chi connectivity index (χ4v) is 5.61. The number of hydrogen-bond donors (Lipinski definition) is 0. The molecule has 0 aliphatic rings. The fourth-order valence-electron chi connectivity index (χ4n) is 3.21. The zero-order chi connectivity index (χ0) is 20.5. The molecule has 0 saturated heterocycles. The van der Waals surface area contributed by atoms with Crippen molar-refractivity contribution >= 4 is 7.82 Å². The van der Waals surface area contributed by atoms with Gasteiger partial charge in [-0.3, -0.25) is 0 Å². The highest BCUT2D eigenvalue weighted by Crippen LogP contribution is 2.56. The number of rotatable bonds is 15. The summed E-state index contributed by atoms with van der Waals surface area (Å²) in [5.74, 6) is 0. The third-order valence-electron chi connectivity index (χ3n) is 6.01. The molecule has 26 heavy (non-hydrogen) atoms. The molecule has 0 aromatic heterocycles. The van der Waals surface area contributed by atoms with Crippen molar-refractivity contribution in [3.63, 3.8) is 0 Å². The van der Waals surface area contributed by atoms with E-state index in [1.54, 1.807) is 0 Å². The Balaban J connectivity index is 6.04. The van der Waals surface area contributed by atoms with Crippen molar-refractivity contribution in [3.05, 3.63) is 0 Å². The summed E-state index contributed by atoms with van der Waals surface area (Å²) in [4.78, 5) is 0. The highest BCUT2D eigenvalue weighted by molar-refractivity contribution is 7.48. The largest absolute Gasteiger partial charge is 0.615 e. The molecule has 0 aromatic rings. The van der Waals surface area contributed by atoms with E-state index < -0.39 is 7.82 Å². The monoisotopic (exact) mass is 398 g/mol. The lowest BCUT2D eigenvalue weighted by Gasteiger charge is -2.40. The second-order valence-corrected chi connectivity index (χ2v) is 8.10. The minimum absolute atomic E-state index is 0.256. The van der Waals surface area contributed by atoms with Crippen LogP contribution in [0.15, 0.2) is 0 Å². The summed E-state index contributed by atoms with van der Waals surface area (Å²) in [6.07, 6.45) is 0. The second-order valence-electron chi connectivity index (χ2n) is 6.71. The van der Waals surface area contributed by atoms with Crippen molar-refractivity contribution in [1.29, 1.82) is 0 Å². The van der Waals surface area contributed by atoms with Crippen LogP contribution in [0.4, 0.5) is 0 Å². The second kappa shape index (κ2) is 11.1.